The zero-order chi connectivity index (χ0) is 19.2. The lowest BCUT2D eigenvalue weighted by Crippen LogP contribution is -2.52. The lowest BCUT2D eigenvalue weighted by molar-refractivity contribution is -0.136. The summed E-state index contributed by atoms with van der Waals surface area (Å²) in [5.41, 5.74) is 1.17. The first-order chi connectivity index (χ1) is 12.8. The summed E-state index contributed by atoms with van der Waals surface area (Å²) >= 11 is 0. The van der Waals surface area contributed by atoms with Crippen LogP contribution < -0.4 is 10.1 Å². The van der Waals surface area contributed by atoms with Crippen molar-refractivity contribution in [1.82, 2.24) is 10.2 Å². The molecule has 1 aromatic carbocycles. The summed E-state index contributed by atoms with van der Waals surface area (Å²) in [6, 6.07) is 4.23. The number of nitrogens with one attached hydrogen (secondary N) is 1. The molecule has 1 saturated heterocycles. The van der Waals surface area contributed by atoms with Crippen LogP contribution in [0.1, 0.15) is 54.4 Å². The predicted octanol–water partition coefficient (Wildman–Crippen LogP) is 2.40. The molecule has 2 heterocycles. The molecule has 0 aromatic heterocycles. The Bertz CT molecular complexity index is 811. The molecule has 2 fully saturated rings. The summed E-state index contributed by atoms with van der Waals surface area (Å²) in [6.45, 7) is 0.235. The van der Waals surface area contributed by atoms with Gasteiger partial charge in [0.2, 0.25) is 11.8 Å². The Balaban J connectivity index is 1.48. The van der Waals surface area contributed by atoms with Crippen molar-refractivity contribution >= 4 is 17.7 Å². The average Bonchev–Trinajstić information content (AvgIpc) is 2.90. The van der Waals surface area contributed by atoms with Crippen LogP contribution in [0.3, 0.4) is 0 Å². The Morgan fingerprint density at radius 2 is 2.00 bits per heavy atom. The molecule has 144 valence electrons. The second-order valence-corrected chi connectivity index (χ2v) is 7.41. The van der Waals surface area contributed by atoms with Gasteiger partial charge in [-0.25, -0.2) is 8.78 Å². The lowest BCUT2D eigenvalue weighted by atomic mass is 9.94. The molecular weight excluding hydrogens is 358 g/mol. The Kier molecular flexibility index (Phi) is 4.36. The molecule has 2 unspecified atom stereocenters. The van der Waals surface area contributed by atoms with Crippen molar-refractivity contribution in [3.63, 3.8) is 0 Å². The zero-order valence-electron chi connectivity index (χ0n) is 14.7. The number of halogens is 2. The number of carbonyl (C=O) groups excluding carboxylic acids is 3. The monoisotopic (exact) mass is 378 g/mol. The highest BCUT2D eigenvalue weighted by atomic mass is 19.3. The summed E-state index contributed by atoms with van der Waals surface area (Å²) in [7, 11) is 0. The summed E-state index contributed by atoms with van der Waals surface area (Å²) in [5.74, 6) is -3.31. The third-order valence-corrected chi connectivity index (χ3v) is 5.39. The second kappa shape index (κ2) is 6.58. The normalized spacial score (nSPS) is 27.3. The molecule has 27 heavy (non-hydrogen) atoms. The molecule has 8 heteroatoms. The van der Waals surface area contributed by atoms with Crippen LogP contribution in [0.2, 0.25) is 0 Å². The number of fused-ring (bicyclic) bond motifs is 1. The van der Waals surface area contributed by atoms with E-state index in [1.807, 2.05) is 0 Å². The lowest BCUT2D eigenvalue weighted by Gasteiger charge is -2.29. The maximum absolute atomic E-state index is 13.6. The topological polar surface area (TPSA) is 75.7 Å². The van der Waals surface area contributed by atoms with Crippen LogP contribution in [-0.2, 0) is 16.1 Å². The minimum atomic E-state index is -2.70. The van der Waals surface area contributed by atoms with Crippen molar-refractivity contribution in [1.29, 1.82) is 0 Å². The van der Waals surface area contributed by atoms with E-state index >= 15 is 0 Å². The highest BCUT2D eigenvalue weighted by Gasteiger charge is 2.40. The molecule has 2 atom stereocenters. The van der Waals surface area contributed by atoms with Crippen LogP contribution >= 0.6 is 0 Å². The van der Waals surface area contributed by atoms with Gasteiger partial charge in [-0.05, 0) is 43.0 Å². The molecule has 1 N–H and O–H groups in total. The van der Waals surface area contributed by atoms with Crippen molar-refractivity contribution in [2.24, 2.45) is 0 Å². The van der Waals surface area contributed by atoms with Crippen molar-refractivity contribution in [2.75, 3.05) is 0 Å². The number of hydrogen-bond acceptors (Lipinski definition) is 4. The maximum Gasteiger partial charge on any atom is 0.255 e. The van der Waals surface area contributed by atoms with E-state index in [-0.39, 0.29) is 37.6 Å². The van der Waals surface area contributed by atoms with E-state index in [4.69, 9.17) is 4.74 Å². The van der Waals surface area contributed by atoms with Crippen molar-refractivity contribution in [3.05, 3.63) is 29.3 Å². The number of carbonyl (C=O) groups is 3. The number of amides is 3. The molecule has 3 amide bonds. The SMILES string of the molecule is O=C1CCC(N2Cc3cc(OC4CCCC(F)(F)C4)ccc3C2=O)C(=O)N1. The number of imide groups is 1. The minimum absolute atomic E-state index is 0.105. The molecule has 4 rings (SSSR count). The summed E-state index contributed by atoms with van der Waals surface area (Å²) in [4.78, 5) is 37.4. The van der Waals surface area contributed by atoms with Gasteiger partial charge in [-0.15, -0.1) is 0 Å². The molecule has 0 bridgehead atoms. The quantitative estimate of drug-likeness (QED) is 0.820. The molecular formula is C19H20F2N2O4. The van der Waals surface area contributed by atoms with Gasteiger partial charge in [-0.1, -0.05) is 0 Å². The van der Waals surface area contributed by atoms with Gasteiger partial charge in [0.25, 0.3) is 11.8 Å². The number of benzene rings is 1. The molecule has 1 aliphatic carbocycles. The Labute approximate surface area is 154 Å². The van der Waals surface area contributed by atoms with Crippen molar-refractivity contribution in [3.8, 4) is 5.75 Å². The first-order valence-corrected chi connectivity index (χ1v) is 9.14. The molecule has 6 nitrogen and oxygen atoms in total. The Morgan fingerprint density at radius 3 is 2.74 bits per heavy atom. The van der Waals surface area contributed by atoms with E-state index in [0.717, 1.165) is 0 Å². The largest absolute Gasteiger partial charge is 0.490 e. The molecule has 0 spiro atoms. The molecule has 1 saturated carbocycles. The Morgan fingerprint density at radius 1 is 1.19 bits per heavy atom. The third-order valence-electron chi connectivity index (χ3n) is 5.39. The fourth-order valence-electron chi connectivity index (χ4n) is 4.04. The molecule has 0 radical (unpaired) electrons. The molecule has 2 aliphatic heterocycles. The van der Waals surface area contributed by atoms with Gasteiger partial charge >= 0.3 is 0 Å². The zero-order valence-corrected chi connectivity index (χ0v) is 14.7. The van der Waals surface area contributed by atoms with Gasteiger partial charge in [0.15, 0.2) is 0 Å². The average molecular weight is 378 g/mol. The van der Waals surface area contributed by atoms with Crippen LogP contribution in [0.4, 0.5) is 8.78 Å². The number of piperidine rings is 1. The molecule has 3 aliphatic rings. The van der Waals surface area contributed by atoms with Crippen LogP contribution in [0.15, 0.2) is 18.2 Å². The summed E-state index contributed by atoms with van der Waals surface area (Å²) < 4.78 is 32.8. The first kappa shape index (κ1) is 17.9. The molecule has 1 aromatic rings. The van der Waals surface area contributed by atoms with Crippen LogP contribution in [0, 0.1) is 0 Å². The predicted molar refractivity (Wildman–Crippen MR) is 90.3 cm³/mol. The van der Waals surface area contributed by atoms with Gasteiger partial charge in [-0.3, -0.25) is 19.7 Å². The van der Waals surface area contributed by atoms with Crippen LogP contribution in [0.25, 0.3) is 0 Å². The van der Waals surface area contributed by atoms with E-state index < -0.39 is 24.0 Å². The van der Waals surface area contributed by atoms with Crippen LogP contribution in [-0.4, -0.2) is 40.7 Å². The smallest absolute Gasteiger partial charge is 0.255 e. The van der Waals surface area contributed by atoms with E-state index in [0.29, 0.717) is 36.1 Å². The Hall–Kier alpha value is -2.51. The minimum Gasteiger partial charge on any atom is -0.490 e. The van der Waals surface area contributed by atoms with E-state index in [2.05, 4.69) is 5.32 Å². The van der Waals surface area contributed by atoms with Gasteiger partial charge in [0, 0.05) is 31.4 Å². The van der Waals surface area contributed by atoms with Gasteiger partial charge in [-0.2, -0.15) is 0 Å². The summed E-state index contributed by atoms with van der Waals surface area (Å²) in [6.07, 6.45) is 0.539. The van der Waals surface area contributed by atoms with E-state index in [1.54, 1.807) is 18.2 Å². The third kappa shape index (κ3) is 3.52. The van der Waals surface area contributed by atoms with E-state index in [1.165, 1.54) is 4.90 Å². The van der Waals surface area contributed by atoms with Gasteiger partial charge < -0.3 is 9.64 Å². The summed E-state index contributed by atoms with van der Waals surface area (Å²) in [5, 5.41) is 2.26. The van der Waals surface area contributed by atoms with Crippen molar-refractivity contribution < 1.29 is 27.9 Å². The highest BCUT2D eigenvalue weighted by Crippen LogP contribution is 2.36. The number of hydrogen-bond donors (Lipinski definition) is 1. The van der Waals surface area contributed by atoms with Crippen molar-refractivity contribution in [2.45, 2.75) is 63.1 Å². The fraction of sp³-hybridized carbons (Fsp3) is 0.526. The maximum atomic E-state index is 13.6. The highest BCUT2D eigenvalue weighted by molar-refractivity contribution is 6.05. The first-order valence-electron chi connectivity index (χ1n) is 9.14. The van der Waals surface area contributed by atoms with Crippen LogP contribution in [0.5, 0.6) is 5.75 Å². The second-order valence-electron chi connectivity index (χ2n) is 7.41. The van der Waals surface area contributed by atoms with Gasteiger partial charge in [0.1, 0.15) is 17.9 Å². The van der Waals surface area contributed by atoms with E-state index in [9.17, 15) is 23.2 Å². The fourth-order valence-corrected chi connectivity index (χ4v) is 4.04. The number of ether oxygens (including phenoxy) is 1. The number of alkyl halides is 2. The van der Waals surface area contributed by atoms with Gasteiger partial charge in [0.05, 0.1) is 0 Å². The standard InChI is InChI=1S/C19H20F2N2O4/c20-19(21)7-1-2-13(9-19)27-12-3-4-14-11(8-12)10-23(18(14)26)15-5-6-16(24)22-17(15)25/h3-4,8,13,15H,1-2,5-7,9-10H2,(H,22,24,25). The number of rotatable bonds is 3. The number of nitrogens with zero attached hydrogens (tertiary/aromatic N) is 1.